The van der Waals surface area contributed by atoms with Crippen molar-refractivity contribution in [3.63, 3.8) is 0 Å². The van der Waals surface area contributed by atoms with E-state index in [1.807, 2.05) is 115 Å². The molecular formula is C43H40N6O3. The first kappa shape index (κ1) is 34.3. The summed E-state index contributed by atoms with van der Waals surface area (Å²) in [4.78, 5) is 17.3. The molecule has 2 aromatic heterocycles. The van der Waals surface area contributed by atoms with Gasteiger partial charge < -0.3 is 10.2 Å². The first-order valence-corrected chi connectivity index (χ1v) is 17.3. The summed E-state index contributed by atoms with van der Waals surface area (Å²) in [6.45, 7) is 7.13. The van der Waals surface area contributed by atoms with E-state index in [4.69, 9.17) is 5.21 Å². The number of hydrogen-bond donors (Lipinski definition) is 2. The molecule has 0 aliphatic carbocycles. The van der Waals surface area contributed by atoms with Gasteiger partial charge in [0.1, 0.15) is 11.4 Å². The van der Waals surface area contributed by atoms with Crippen molar-refractivity contribution in [2.45, 2.75) is 51.2 Å². The van der Waals surface area contributed by atoms with Crippen LogP contribution in [0.2, 0.25) is 0 Å². The van der Waals surface area contributed by atoms with Crippen LogP contribution in [-0.2, 0) is 5.54 Å². The van der Waals surface area contributed by atoms with Crippen LogP contribution in [0.15, 0.2) is 140 Å². The fourth-order valence-electron chi connectivity index (χ4n) is 7.47. The molecule has 0 saturated carbocycles. The van der Waals surface area contributed by atoms with Gasteiger partial charge in [-0.25, -0.2) is 14.5 Å². The minimum absolute atomic E-state index is 0.0978. The molecule has 0 bridgehead atoms. The van der Waals surface area contributed by atoms with Crippen LogP contribution in [0.5, 0.6) is 0 Å². The molecule has 1 unspecified atom stereocenters. The fraction of sp³-hybridized carbons (Fsp3) is 0.186. The Morgan fingerprint density at radius 2 is 1.23 bits per heavy atom. The summed E-state index contributed by atoms with van der Waals surface area (Å²) in [5, 5.41) is 34.5. The smallest absolute Gasteiger partial charge is 0.354 e. The molecule has 0 saturated heterocycles. The Morgan fingerprint density at radius 3 is 1.73 bits per heavy atom. The summed E-state index contributed by atoms with van der Waals surface area (Å²) in [7, 11) is 0. The molecule has 260 valence electrons. The maximum absolute atomic E-state index is 12.6. The summed E-state index contributed by atoms with van der Waals surface area (Å²) in [6.07, 6.45) is 0.374. The average Bonchev–Trinajstić information content (AvgIpc) is 3.78. The molecule has 2 heterocycles. The molecule has 5 aromatic carbocycles. The number of rotatable bonds is 11. The number of carboxylic acid groups (broad SMARTS) is 1. The summed E-state index contributed by atoms with van der Waals surface area (Å²) < 4.78 is 3.59. The SMILES string of the molecule is Cc1nc(C(C)CC(C)(C)O)c(C(=O)O)n1-c1ccc(-c2ccccc2-c2nnnn2C(c2ccccc2)(c2ccccc2)c2ccccc2)cc1. The lowest BCUT2D eigenvalue weighted by molar-refractivity contribution is 0.0622. The van der Waals surface area contributed by atoms with E-state index in [1.54, 1.807) is 25.3 Å². The van der Waals surface area contributed by atoms with Gasteiger partial charge in [0.05, 0.1) is 11.3 Å². The molecule has 9 nitrogen and oxygen atoms in total. The second-order valence-corrected chi connectivity index (χ2v) is 13.8. The first-order valence-electron chi connectivity index (χ1n) is 17.3. The highest BCUT2D eigenvalue weighted by atomic mass is 16.4. The van der Waals surface area contributed by atoms with Crippen LogP contribution < -0.4 is 0 Å². The third-order valence-electron chi connectivity index (χ3n) is 9.51. The molecule has 0 aliphatic heterocycles. The minimum Gasteiger partial charge on any atom is -0.477 e. The van der Waals surface area contributed by atoms with E-state index in [9.17, 15) is 15.0 Å². The van der Waals surface area contributed by atoms with Crippen molar-refractivity contribution in [2.24, 2.45) is 0 Å². The Bertz CT molecular complexity index is 2210. The average molecular weight is 689 g/mol. The zero-order chi connectivity index (χ0) is 36.5. The number of benzene rings is 5. The molecule has 7 rings (SSSR count). The first-order chi connectivity index (χ1) is 25.1. The number of aryl methyl sites for hydroxylation is 1. The summed E-state index contributed by atoms with van der Waals surface area (Å²) in [6, 6.07) is 46.7. The van der Waals surface area contributed by atoms with Gasteiger partial charge in [-0.1, -0.05) is 134 Å². The predicted octanol–water partition coefficient (Wildman–Crippen LogP) is 8.30. The maximum Gasteiger partial charge on any atom is 0.354 e. The van der Waals surface area contributed by atoms with Gasteiger partial charge >= 0.3 is 5.97 Å². The number of tetrazole rings is 1. The van der Waals surface area contributed by atoms with Crippen LogP contribution in [0, 0.1) is 6.92 Å². The molecule has 9 heteroatoms. The van der Waals surface area contributed by atoms with Gasteiger partial charge in [-0.3, -0.25) is 4.57 Å². The molecule has 0 radical (unpaired) electrons. The normalized spacial score (nSPS) is 12.5. The number of imidazole rings is 1. The molecule has 2 N–H and O–H groups in total. The van der Waals surface area contributed by atoms with E-state index in [2.05, 4.69) is 51.7 Å². The van der Waals surface area contributed by atoms with Gasteiger partial charge in [0, 0.05) is 17.2 Å². The Labute approximate surface area is 302 Å². The van der Waals surface area contributed by atoms with E-state index in [0.717, 1.165) is 33.4 Å². The van der Waals surface area contributed by atoms with Crippen molar-refractivity contribution in [2.75, 3.05) is 0 Å². The van der Waals surface area contributed by atoms with E-state index >= 15 is 0 Å². The summed E-state index contributed by atoms with van der Waals surface area (Å²) in [5.41, 5.74) is 5.00. The number of carboxylic acids is 1. The van der Waals surface area contributed by atoms with Crippen LogP contribution in [-0.4, -0.2) is 51.5 Å². The zero-order valence-electron chi connectivity index (χ0n) is 29.5. The molecule has 0 spiro atoms. The Balaban J connectivity index is 1.37. The maximum atomic E-state index is 12.6. The number of carbonyl (C=O) groups is 1. The van der Waals surface area contributed by atoms with Crippen LogP contribution in [0.3, 0.4) is 0 Å². The van der Waals surface area contributed by atoms with Gasteiger partial charge in [0.15, 0.2) is 11.5 Å². The molecule has 0 fully saturated rings. The highest BCUT2D eigenvalue weighted by molar-refractivity contribution is 5.88. The molecule has 0 amide bonds. The highest BCUT2D eigenvalue weighted by Gasteiger charge is 2.42. The van der Waals surface area contributed by atoms with Crippen molar-refractivity contribution < 1.29 is 15.0 Å². The van der Waals surface area contributed by atoms with Gasteiger partial charge in [-0.05, 0) is 77.6 Å². The van der Waals surface area contributed by atoms with Crippen LogP contribution in [0.1, 0.15) is 71.8 Å². The quantitative estimate of drug-likeness (QED) is 0.131. The number of aromatic carboxylic acids is 1. The Hall–Kier alpha value is -6.19. The standard InChI is InChI=1S/C43H40N6O3/c1-29(28-42(3,4)52)38-39(41(50)51)48(30(2)44-38)35-26-24-31(25-27-35)36-22-14-15-23-37(36)40-45-46-47-49(40)43(32-16-8-5-9-17-32,33-18-10-6-11-19-33)34-20-12-7-13-21-34/h5-27,29,52H,28H2,1-4H3,(H,50,51). The van der Waals surface area contributed by atoms with Crippen molar-refractivity contribution in [3.05, 3.63) is 173 Å². The second kappa shape index (κ2) is 13.8. The molecule has 7 aromatic rings. The van der Waals surface area contributed by atoms with E-state index in [0.29, 0.717) is 29.5 Å². The van der Waals surface area contributed by atoms with Crippen molar-refractivity contribution in [3.8, 4) is 28.2 Å². The number of aliphatic hydroxyl groups is 1. The monoisotopic (exact) mass is 688 g/mol. The topological polar surface area (TPSA) is 119 Å². The van der Waals surface area contributed by atoms with Gasteiger partial charge in [0.2, 0.25) is 0 Å². The van der Waals surface area contributed by atoms with Gasteiger partial charge in [-0.15, -0.1) is 5.10 Å². The number of aromatic nitrogens is 6. The number of hydrogen-bond acceptors (Lipinski definition) is 6. The summed E-state index contributed by atoms with van der Waals surface area (Å²) in [5.74, 6) is -0.196. The van der Waals surface area contributed by atoms with E-state index < -0.39 is 17.1 Å². The minimum atomic E-state index is -1.07. The Morgan fingerprint density at radius 1 is 0.731 bits per heavy atom. The van der Waals surface area contributed by atoms with Gasteiger partial charge in [-0.2, -0.15) is 0 Å². The van der Waals surface area contributed by atoms with Gasteiger partial charge in [0.25, 0.3) is 0 Å². The third kappa shape index (κ3) is 6.20. The lowest BCUT2D eigenvalue weighted by atomic mass is 9.77. The third-order valence-corrected chi connectivity index (χ3v) is 9.51. The van der Waals surface area contributed by atoms with E-state index in [-0.39, 0.29) is 11.6 Å². The van der Waals surface area contributed by atoms with Crippen molar-refractivity contribution in [1.82, 2.24) is 29.8 Å². The zero-order valence-corrected chi connectivity index (χ0v) is 29.5. The fourth-order valence-corrected chi connectivity index (χ4v) is 7.47. The lowest BCUT2D eigenvalue weighted by Gasteiger charge is -2.36. The molecule has 1 atom stereocenters. The second-order valence-electron chi connectivity index (χ2n) is 13.8. The molecular weight excluding hydrogens is 649 g/mol. The lowest BCUT2D eigenvalue weighted by Crippen LogP contribution is -2.39. The highest BCUT2D eigenvalue weighted by Crippen LogP contribution is 2.43. The Kier molecular flexibility index (Phi) is 9.13. The van der Waals surface area contributed by atoms with E-state index in [1.165, 1.54) is 0 Å². The number of nitrogens with zero attached hydrogens (tertiary/aromatic N) is 6. The molecule has 0 aliphatic rings. The summed E-state index contributed by atoms with van der Waals surface area (Å²) >= 11 is 0. The van der Waals surface area contributed by atoms with Crippen molar-refractivity contribution >= 4 is 5.97 Å². The van der Waals surface area contributed by atoms with Crippen LogP contribution >= 0.6 is 0 Å². The largest absolute Gasteiger partial charge is 0.477 e. The van der Waals surface area contributed by atoms with Crippen LogP contribution in [0.25, 0.3) is 28.2 Å². The van der Waals surface area contributed by atoms with Crippen molar-refractivity contribution in [1.29, 1.82) is 0 Å². The van der Waals surface area contributed by atoms with Crippen LogP contribution in [0.4, 0.5) is 0 Å². The predicted molar refractivity (Wildman–Crippen MR) is 201 cm³/mol. The molecule has 52 heavy (non-hydrogen) atoms.